The summed E-state index contributed by atoms with van der Waals surface area (Å²) in [6.45, 7) is 0. The van der Waals surface area contributed by atoms with Crippen molar-refractivity contribution in [3.05, 3.63) is 54.0 Å². The third-order valence-electron chi connectivity index (χ3n) is 4.28. The quantitative estimate of drug-likeness (QED) is 0.773. The molecule has 25 heavy (non-hydrogen) atoms. The first-order valence-electron chi connectivity index (χ1n) is 8.03. The van der Waals surface area contributed by atoms with E-state index in [0.29, 0.717) is 24.1 Å². The van der Waals surface area contributed by atoms with Crippen LogP contribution in [0.2, 0.25) is 0 Å². The molecule has 130 valence electrons. The van der Waals surface area contributed by atoms with Gasteiger partial charge in [-0.1, -0.05) is 12.5 Å². The van der Waals surface area contributed by atoms with E-state index in [1.165, 1.54) is 12.3 Å². The minimum Gasteiger partial charge on any atom is -0.481 e. The number of furan rings is 1. The summed E-state index contributed by atoms with van der Waals surface area (Å²) in [6.07, 6.45) is 3.40. The maximum atomic E-state index is 12.4. The van der Waals surface area contributed by atoms with Crippen molar-refractivity contribution in [1.29, 1.82) is 0 Å². The highest BCUT2D eigenvalue weighted by Gasteiger charge is 2.34. The van der Waals surface area contributed by atoms with Crippen molar-refractivity contribution in [3.63, 3.8) is 0 Å². The smallest absolute Gasteiger partial charge is 0.308 e. The van der Waals surface area contributed by atoms with Crippen LogP contribution in [0.4, 0.5) is 5.69 Å². The third-order valence-corrected chi connectivity index (χ3v) is 4.28. The Kier molecular flexibility index (Phi) is 4.83. The van der Waals surface area contributed by atoms with Crippen molar-refractivity contribution in [3.8, 4) is 0 Å². The van der Waals surface area contributed by atoms with Crippen LogP contribution in [0.5, 0.6) is 0 Å². The Labute approximate surface area is 144 Å². The summed E-state index contributed by atoms with van der Waals surface area (Å²) in [5.41, 5.74) is 0.809. The lowest BCUT2D eigenvalue weighted by Crippen LogP contribution is -2.40. The largest absolute Gasteiger partial charge is 0.481 e. The maximum Gasteiger partial charge on any atom is 0.308 e. The van der Waals surface area contributed by atoms with Gasteiger partial charge in [-0.05, 0) is 43.2 Å². The van der Waals surface area contributed by atoms with E-state index in [2.05, 4.69) is 10.6 Å². The molecule has 7 nitrogen and oxygen atoms in total. The van der Waals surface area contributed by atoms with Crippen molar-refractivity contribution in [2.75, 3.05) is 5.32 Å². The number of nitrogens with one attached hydrogen (secondary N) is 2. The topological polar surface area (TPSA) is 109 Å². The molecule has 1 aliphatic rings. The second kappa shape index (κ2) is 7.21. The molecule has 1 aromatic heterocycles. The Bertz CT molecular complexity index is 785. The zero-order valence-electron chi connectivity index (χ0n) is 13.4. The molecule has 1 saturated carbocycles. The van der Waals surface area contributed by atoms with Gasteiger partial charge in [0.15, 0.2) is 5.76 Å². The number of hydrogen-bond acceptors (Lipinski definition) is 4. The van der Waals surface area contributed by atoms with Crippen LogP contribution in [-0.2, 0) is 4.79 Å². The van der Waals surface area contributed by atoms with Gasteiger partial charge in [0.1, 0.15) is 0 Å². The Morgan fingerprint density at radius 3 is 2.64 bits per heavy atom. The van der Waals surface area contributed by atoms with Gasteiger partial charge < -0.3 is 20.2 Å². The number of amides is 2. The fraction of sp³-hybridized carbons (Fsp3) is 0.278. The van der Waals surface area contributed by atoms with Gasteiger partial charge in [0.25, 0.3) is 11.8 Å². The highest BCUT2D eigenvalue weighted by Crippen LogP contribution is 2.26. The molecule has 2 amide bonds. The average molecular weight is 342 g/mol. The predicted molar refractivity (Wildman–Crippen MR) is 89.3 cm³/mol. The van der Waals surface area contributed by atoms with Crippen LogP contribution in [0.25, 0.3) is 0 Å². The number of carbonyl (C=O) groups is 3. The molecule has 1 fully saturated rings. The number of carboxylic acids is 1. The molecule has 1 heterocycles. The summed E-state index contributed by atoms with van der Waals surface area (Å²) >= 11 is 0. The van der Waals surface area contributed by atoms with Gasteiger partial charge in [-0.3, -0.25) is 14.4 Å². The first kappa shape index (κ1) is 16.8. The standard InChI is InChI=1S/C18H18N2O5/c21-16(20-14-7-2-6-13(14)18(23)24)11-4-1-5-12(10-11)19-17(22)15-8-3-9-25-15/h1,3-5,8-10,13-14H,2,6-7H2,(H,19,22)(H,20,21)(H,23,24)/t13-,14+/m1/s1. The monoisotopic (exact) mass is 342 g/mol. The molecule has 0 spiro atoms. The van der Waals surface area contributed by atoms with Gasteiger partial charge in [0.2, 0.25) is 0 Å². The number of rotatable bonds is 5. The van der Waals surface area contributed by atoms with Crippen molar-refractivity contribution >= 4 is 23.5 Å². The van der Waals surface area contributed by atoms with Crippen LogP contribution in [0.1, 0.15) is 40.2 Å². The predicted octanol–water partition coefficient (Wildman–Crippen LogP) is 2.52. The van der Waals surface area contributed by atoms with Crippen LogP contribution < -0.4 is 10.6 Å². The number of benzene rings is 1. The minimum atomic E-state index is -0.887. The Morgan fingerprint density at radius 1 is 1.08 bits per heavy atom. The third kappa shape index (κ3) is 3.88. The Morgan fingerprint density at radius 2 is 1.92 bits per heavy atom. The summed E-state index contributed by atoms with van der Waals surface area (Å²) in [4.78, 5) is 35.6. The van der Waals surface area contributed by atoms with E-state index in [0.717, 1.165) is 6.42 Å². The van der Waals surface area contributed by atoms with Gasteiger partial charge >= 0.3 is 5.97 Å². The van der Waals surface area contributed by atoms with E-state index >= 15 is 0 Å². The lowest BCUT2D eigenvalue weighted by Gasteiger charge is -2.17. The molecule has 2 aromatic rings. The Hall–Kier alpha value is -3.09. The average Bonchev–Trinajstić information content (AvgIpc) is 3.26. The van der Waals surface area contributed by atoms with Gasteiger partial charge in [-0.15, -0.1) is 0 Å². The van der Waals surface area contributed by atoms with Crippen molar-refractivity contribution in [2.45, 2.75) is 25.3 Å². The normalized spacial score (nSPS) is 19.4. The van der Waals surface area contributed by atoms with E-state index in [4.69, 9.17) is 4.42 Å². The molecule has 0 bridgehead atoms. The minimum absolute atomic E-state index is 0.171. The number of aliphatic carboxylic acids is 1. The van der Waals surface area contributed by atoms with E-state index in [1.807, 2.05) is 0 Å². The Balaban J connectivity index is 1.67. The van der Waals surface area contributed by atoms with Gasteiger partial charge in [-0.2, -0.15) is 0 Å². The fourth-order valence-corrected chi connectivity index (χ4v) is 3.02. The molecule has 3 rings (SSSR count). The van der Waals surface area contributed by atoms with E-state index < -0.39 is 17.8 Å². The lowest BCUT2D eigenvalue weighted by atomic mass is 10.0. The second-order valence-electron chi connectivity index (χ2n) is 5.97. The van der Waals surface area contributed by atoms with E-state index in [9.17, 15) is 19.5 Å². The number of carboxylic acid groups (broad SMARTS) is 1. The highest BCUT2D eigenvalue weighted by atomic mass is 16.4. The fourth-order valence-electron chi connectivity index (χ4n) is 3.02. The summed E-state index contributed by atoms with van der Waals surface area (Å²) in [5, 5.41) is 14.6. The van der Waals surface area contributed by atoms with Gasteiger partial charge in [0.05, 0.1) is 12.2 Å². The molecule has 0 radical (unpaired) electrons. The van der Waals surface area contributed by atoms with Crippen LogP contribution in [0.3, 0.4) is 0 Å². The highest BCUT2D eigenvalue weighted by molar-refractivity contribution is 6.03. The van der Waals surface area contributed by atoms with Crippen molar-refractivity contribution in [1.82, 2.24) is 5.32 Å². The molecule has 1 aliphatic carbocycles. The van der Waals surface area contributed by atoms with Crippen LogP contribution in [0.15, 0.2) is 47.1 Å². The molecule has 7 heteroatoms. The molecule has 0 unspecified atom stereocenters. The number of hydrogen-bond donors (Lipinski definition) is 3. The van der Waals surface area contributed by atoms with Crippen molar-refractivity contribution < 1.29 is 23.9 Å². The molecule has 1 aromatic carbocycles. The van der Waals surface area contributed by atoms with Crippen LogP contribution >= 0.6 is 0 Å². The molecule has 0 saturated heterocycles. The maximum absolute atomic E-state index is 12.4. The first-order valence-corrected chi connectivity index (χ1v) is 8.03. The summed E-state index contributed by atoms with van der Waals surface area (Å²) in [7, 11) is 0. The summed E-state index contributed by atoms with van der Waals surface area (Å²) < 4.78 is 5.02. The lowest BCUT2D eigenvalue weighted by molar-refractivity contribution is -0.142. The molecule has 3 N–H and O–H groups in total. The van der Waals surface area contributed by atoms with Crippen LogP contribution in [0, 0.1) is 5.92 Å². The summed E-state index contributed by atoms with van der Waals surface area (Å²) in [5.74, 6) is -2.03. The zero-order valence-corrected chi connectivity index (χ0v) is 13.4. The number of carbonyl (C=O) groups excluding carboxylic acids is 2. The summed E-state index contributed by atoms with van der Waals surface area (Å²) in [6, 6.07) is 9.25. The van der Waals surface area contributed by atoms with Crippen LogP contribution in [-0.4, -0.2) is 28.9 Å². The molecule has 0 aliphatic heterocycles. The molecule has 2 atom stereocenters. The number of anilines is 1. The zero-order chi connectivity index (χ0) is 17.8. The van der Waals surface area contributed by atoms with E-state index in [1.54, 1.807) is 30.3 Å². The molecular formula is C18H18N2O5. The second-order valence-corrected chi connectivity index (χ2v) is 5.97. The molecular weight excluding hydrogens is 324 g/mol. The van der Waals surface area contributed by atoms with Crippen molar-refractivity contribution in [2.24, 2.45) is 5.92 Å². The van der Waals surface area contributed by atoms with Gasteiger partial charge in [0, 0.05) is 17.3 Å². The van der Waals surface area contributed by atoms with E-state index in [-0.39, 0.29) is 17.7 Å². The van der Waals surface area contributed by atoms with Gasteiger partial charge in [-0.25, -0.2) is 0 Å². The first-order chi connectivity index (χ1) is 12.0. The SMILES string of the molecule is O=C(N[C@H]1CCC[C@H]1C(=O)O)c1cccc(NC(=O)c2ccco2)c1.